The van der Waals surface area contributed by atoms with Gasteiger partial charge in [0.2, 0.25) is 0 Å². The Kier molecular flexibility index (Phi) is 10.4. The van der Waals surface area contributed by atoms with Crippen molar-refractivity contribution in [3.05, 3.63) is 39.5 Å². The minimum absolute atomic E-state index is 0.547. The monoisotopic (exact) mass is 444 g/mol. The number of rotatable bonds is 13. The molecule has 0 atom stereocenters. The zero-order valence-corrected chi connectivity index (χ0v) is 19.3. The zero-order valence-electron chi connectivity index (χ0n) is 16.8. The summed E-state index contributed by atoms with van der Waals surface area (Å²) in [6.45, 7) is 6.74. The van der Waals surface area contributed by atoms with Crippen LogP contribution in [0.5, 0.6) is 0 Å². The first-order valence-corrected chi connectivity index (χ1v) is 13.7. The molecule has 28 heavy (non-hydrogen) atoms. The number of sulfone groups is 1. The number of thiazole rings is 1. The van der Waals surface area contributed by atoms with Crippen molar-refractivity contribution in [3.8, 4) is 0 Å². The Bertz CT molecular complexity index is 738. The van der Waals surface area contributed by atoms with Crippen LogP contribution in [-0.2, 0) is 22.1 Å². The zero-order chi connectivity index (χ0) is 20.2. The predicted molar refractivity (Wildman–Crippen MR) is 121 cm³/mol. The SMILES string of the molecule is CCC=CCNC(=CS(C)(=O)=O)NCCSCc1csc(CN2CCCC2)n1. The van der Waals surface area contributed by atoms with Gasteiger partial charge in [0.05, 0.1) is 17.6 Å². The van der Waals surface area contributed by atoms with Crippen LogP contribution in [-0.4, -0.2) is 56.5 Å². The maximum Gasteiger partial charge on any atom is 0.172 e. The minimum atomic E-state index is -3.19. The van der Waals surface area contributed by atoms with Crippen LogP contribution in [0.4, 0.5) is 0 Å². The van der Waals surface area contributed by atoms with Crippen molar-refractivity contribution >= 4 is 32.9 Å². The van der Waals surface area contributed by atoms with Crippen molar-refractivity contribution in [1.82, 2.24) is 20.5 Å². The highest BCUT2D eigenvalue weighted by Gasteiger charge is 2.13. The van der Waals surface area contributed by atoms with E-state index < -0.39 is 9.84 Å². The molecule has 1 aliphatic rings. The predicted octanol–water partition coefficient (Wildman–Crippen LogP) is 2.96. The number of aromatic nitrogens is 1. The highest BCUT2D eigenvalue weighted by Crippen LogP contribution is 2.19. The van der Waals surface area contributed by atoms with Crippen molar-refractivity contribution in [2.75, 3.05) is 38.2 Å². The Hall–Kier alpha value is -1.03. The molecule has 0 spiro atoms. The van der Waals surface area contributed by atoms with Crippen molar-refractivity contribution in [3.63, 3.8) is 0 Å². The summed E-state index contributed by atoms with van der Waals surface area (Å²) in [5.41, 5.74) is 1.14. The number of hydrogen-bond acceptors (Lipinski definition) is 8. The molecule has 0 aromatic carbocycles. The molecule has 0 amide bonds. The number of likely N-dealkylation sites (tertiary alicyclic amines) is 1. The molecule has 0 saturated carbocycles. The summed E-state index contributed by atoms with van der Waals surface area (Å²) in [6.07, 6.45) is 8.82. The summed E-state index contributed by atoms with van der Waals surface area (Å²) in [6, 6.07) is 0. The number of nitrogens with one attached hydrogen (secondary N) is 2. The van der Waals surface area contributed by atoms with Gasteiger partial charge in [-0.15, -0.1) is 11.3 Å². The molecule has 9 heteroatoms. The lowest BCUT2D eigenvalue weighted by Gasteiger charge is -2.12. The van der Waals surface area contributed by atoms with Gasteiger partial charge in [-0.1, -0.05) is 19.1 Å². The average Bonchev–Trinajstić information content (AvgIpc) is 3.29. The molecule has 1 saturated heterocycles. The second kappa shape index (κ2) is 12.5. The van der Waals surface area contributed by atoms with Crippen LogP contribution in [0.15, 0.2) is 28.8 Å². The highest BCUT2D eigenvalue weighted by atomic mass is 32.2. The maximum absolute atomic E-state index is 11.5. The van der Waals surface area contributed by atoms with E-state index in [0.717, 1.165) is 30.2 Å². The summed E-state index contributed by atoms with van der Waals surface area (Å²) < 4.78 is 23.1. The Morgan fingerprint density at radius 3 is 2.82 bits per heavy atom. The number of allylic oxidation sites excluding steroid dienone is 1. The first-order chi connectivity index (χ1) is 13.5. The van der Waals surface area contributed by atoms with E-state index in [9.17, 15) is 8.42 Å². The van der Waals surface area contributed by atoms with E-state index in [1.807, 2.05) is 12.2 Å². The van der Waals surface area contributed by atoms with Gasteiger partial charge < -0.3 is 10.6 Å². The van der Waals surface area contributed by atoms with Gasteiger partial charge in [0.1, 0.15) is 10.8 Å². The van der Waals surface area contributed by atoms with Gasteiger partial charge in [-0.3, -0.25) is 4.90 Å². The lowest BCUT2D eigenvalue weighted by molar-refractivity contribution is 0.330. The van der Waals surface area contributed by atoms with Gasteiger partial charge in [-0.2, -0.15) is 11.8 Å². The van der Waals surface area contributed by atoms with E-state index in [2.05, 4.69) is 27.8 Å². The molecule has 1 aliphatic heterocycles. The third kappa shape index (κ3) is 9.95. The summed E-state index contributed by atoms with van der Waals surface area (Å²) in [5, 5.41) is 10.9. The van der Waals surface area contributed by atoms with Crippen LogP contribution >= 0.6 is 23.1 Å². The van der Waals surface area contributed by atoms with Gasteiger partial charge in [0, 0.05) is 36.2 Å². The van der Waals surface area contributed by atoms with Crippen molar-refractivity contribution < 1.29 is 8.42 Å². The number of thioether (sulfide) groups is 1. The molecule has 0 aliphatic carbocycles. The molecule has 6 nitrogen and oxygen atoms in total. The largest absolute Gasteiger partial charge is 0.370 e. The lowest BCUT2D eigenvalue weighted by Crippen LogP contribution is -2.29. The normalized spacial score (nSPS) is 16.1. The van der Waals surface area contributed by atoms with E-state index in [1.54, 1.807) is 23.1 Å². The van der Waals surface area contributed by atoms with Crippen molar-refractivity contribution in [2.45, 2.75) is 38.5 Å². The number of nitrogens with zero attached hydrogens (tertiary/aromatic N) is 2. The maximum atomic E-state index is 11.5. The Morgan fingerprint density at radius 1 is 1.32 bits per heavy atom. The summed E-state index contributed by atoms with van der Waals surface area (Å²) in [7, 11) is -3.19. The Morgan fingerprint density at radius 2 is 2.11 bits per heavy atom. The van der Waals surface area contributed by atoms with Crippen LogP contribution in [0.3, 0.4) is 0 Å². The first-order valence-electron chi connectivity index (χ1n) is 9.74. The standard InChI is InChI=1S/C19H32N4O2S3/c1-3-4-5-8-20-18(16-28(2,24)25)21-9-12-26-14-17-15-27-19(22-17)13-23-10-6-7-11-23/h4-5,15-16,20-21H,3,6-14H2,1-2H3. The Labute approximate surface area is 177 Å². The van der Waals surface area contributed by atoms with Crippen LogP contribution < -0.4 is 10.6 Å². The minimum Gasteiger partial charge on any atom is -0.370 e. The second-order valence-corrected chi connectivity index (χ2v) is 10.8. The molecule has 2 N–H and O–H groups in total. The molecule has 1 aromatic rings. The summed E-state index contributed by atoms with van der Waals surface area (Å²) >= 11 is 3.55. The molecule has 2 rings (SSSR count). The van der Waals surface area contributed by atoms with Gasteiger partial charge in [0.25, 0.3) is 0 Å². The summed E-state index contributed by atoms with van der Waals surface area (Å²) in [5.74, 6) is 2.31. The molecule has 0 unspecified atom stereocenters. The van der Waals surface area contributed by atoms with E-state index in [-0.39, 0.29) is 0 Å². The molecule has 1 fully saturated rings. The molecular formula is C19H32N4O2S3. The molecule has 1 aromatic heterocycles. The number of hydrogen-bond donors (Lipinski definition) is 2. The lowest BCUT2D eigenvalue weighted by atomic mass is 10.4. The highest BCUT2D eigenvalue weighted by molar-refractivity contribution is 7.98. The smallest absolute Gasteiger partial charge is 0.172 e. The third-order valence-electron chi connectivity index (χ3n) is 4.11. The van der Waals surface area contributed by atoms with E-state index >= 15 is 0 Å². The topological polar surface area (TPSA) is 74.3 Å². The first kappa shape index (κ1) is 23.3. The average molecular weight is 445 g/mol. The molecule has 0 radical (unpaired) electrons. The molecule has 0 bridgehead atoms. The van der Waals surface area contributed by atoms with Crippen LogP contribution in [0, 0.1) is 0 Å². The van der Waals surface area contributed by atoms with Gasteiger partial charge in [0.15, 0.2) is 9.84 Å². The fraction of sp³-hybridized carbons (Fsp3) is 0.632. The van der Waals surface area contributed by atoms with E-state index in [1.165, 1.54) is 42.6 Å². The van der Waals surface area contributed by atoms with Gasteiger partial charge >= 0.3 is 0 Å². The van der Waals surface area contributed by atoms with Crippen molar-refractivity contribution in [1.29, 1.82) is 0 Å². The molecular weight excluding hydrogens is 412 g/mol. The third-order valence-corrected chi connectivity index (χ3v) is 6.65. The second-order valence-electron chi connectivity index (χ2n) is 6.82. The van der Waals surface area contributed by atoms with Crippen LogP contribution in [0.2, 0.25) is 0 Å². The quantitative estimate of drug-likeness (QED) is 0.358. The fourth-order valence-electron chi connectivity index (χ4n) is 2.83. The summed E-state index contributed by atoms with van der Waals surface area (Å²) in [4.78, 5) is 7.21. The van der Waals surface area contributed by atoms with Gasteiger partial charge in [-0.05, 0) is 32.4 Å². The Balaban J connectivity index is 1.68. The van der Waals surface area contributed by atoms with Gasteiger partial charge in [-0.25, -0.2) is 13.4 Å². The van der Waals surface area contributed by atoms with Crippen LogP contribution in [0.25, 0.3) is 0 Å². The van der Waals surface area contributed by atoms with Crippen LogP contribution in [0.1, 0.15) is 36.9 Å². The van der Waals surface area contributed by atoms with E-state index in [4.69, 9.17) is 4.98 Å². The van der Waals surface area contributed by atoms with Crippen molar-refractivity contribution in [2.24, 2.45) is 0 Å². The fourth-order valence-corrected chi connectivity index (χ4v) is 5.12. The molecule has 158 valence electrons. The van der Waals surface area contributed by atoms with E-state index in [0.29, 0.717) is 18.9 Å². The molecule has 2 heterocycles.